The number of pyridine rings is 1. The summed E-state index contributed by atoms with van der Waals surface area (Å²) in [6, 6.07) is 12.7. The summed E-state index contributed by atoms with van der Waals surface area (Å²) in [6.07, 6.45) is 6.17. The van der Waals surface area contributed by atoms with Crippen molar-refractivity contribution in [1.82, 2.24) is 19.9 Å². The van der Waals surface area contributed by atoms with E-state index < -0.39 is 0 Å². The Labute approximate surface area is 164 Å². The highest BCUT2D eigenvalue weighted by molar-refractivity contribution is 5.75. The number of fused-ring (bicyclic) bond motifs is 2. The van der Waals surface area contributed by atoms with Crippen LogP contribution in [0.2, 0.25) is 0 Å². The predicted octanol–water partition coefficient (Wildman–Crippen LogP) is 2.50. The van der Waals surface area contributed by atoms with Gasteiger partial charge in [-0.3, -0.25) is 14.9 Å². The summed E-state index contributed by atoms with van der Waals surface area (Å²) in [4.78, 5) is 19.6. The lowest BCUT2D eigenvalue weighted by molar-refractivity contribution is 0.161. The van der Waals surface area contributed by atoms with E-state index in [0.717, 1.165) is 49.2 Å². The van der Waals surface area contributed by atoms with E-state index in [1.165, 1.54) is 17.7 Å². The molecule has 0 aliphatic heterocycles. The molecule has 3 aromatic rings. The largest absolute Gasteiger partial charge is 0.370 e. The number of aliphatic imine (C=N–C) groups is 1. The van der Waals surface area contributed by atoms with E-state index in [1.807, 2.05) is 30.5 Å². The third-order valence-electron chi connectivity index (χ3n) is 5.30. The molecule has 0 amide bonds. The minimum Gasteiger partial charge on any atom is -0.370 e. The summed E-state index contributed by atoms with van der Waals surface area (Å²) in [5, 5.41) is 0. The molecule has 4 rings (SSSR count). The first-order valence-corrected chi connectivity index (χ1v) is 9.87. The first-order chi connectivity index (χ1) is 13.7. The maximum absolute atomic E-state index is 5.47. The number of guanidine groups is 1. The first kappa shape index (κ1) is 18.4. The zero-order chi connectivity index (χ0) is 19.3. The number of nitrogens with one attached hydrogen (secondary N) is 1. The minimum absolute atomic E-state index is 0.147. The molecule has 1 atom stereocenters. The van der Waals surface area contributed by atoms with Crippen LogP contribution in [0.15, 0.2) is 47.6 Å². The third kappa shape index (κ3) is 4.14. The Balaban J connectivity index is 1.57. The highest BCUT2D eigenvalue weighted by Gasteiger charge is 2.27. The number of rotatable bonds is 7. The van der Waals surface area contributed by atoms with Gasteiger partial charge in [0, 0.05) is 19.3 Å². The van der Waals surface area contributed by atoms with Gasteiger partial charge in [-0.1, -0.05) is 18.2 Å². The second-order valence-electron chi connectivity index (χ2n) is 7.29. The average molecular weight is 377 g/mol. The molecule has 0 spiro atoms. The monoisotopic (exact) mass is 377 g/mol. The van der Waals surface area contributed by atoms with Crippen LogP contribution in [-0.4, -0.2) is 38.9 Å². The van der Waals surface area contributed by atoms with Gasteiger partial charge in [-0.2, -0.15) is 0 Å². The third-order valence-corrected chi connectivity index (χ3v) is 5.30. The number of para-hydroxylation sites is 2. The van der Waals surface area contributed by atoms with Crippen molar-refractivity contribution in [2.45, 2.75) is 38.3 Å². The maximum atomic E-state index is 5.47. The fourth-order valence-corrected chi connectivity index (χ4v) is 4.04. The minimum atomic E-state index is 0.147. The van der Waals surface area contributed by atoms with Crippen LogP contribution >= 0.6 is 0 Å². The second kappa shape index (κ2) is 8.39. The van der Waals surface area contributed by atoms with Gasteiger partial charge in [0.05, 0.1) is 29.3 Å². The summed E-state index contributed by atoms with van der Waals surface area (Å²) in [5.74, 6) is 1.12. The Morgan fingerprint density at radius 1 is 1.21 bits per heavy atom. The van der Waals surface area contributed by atoms with Crippen molar-refractivity contribution in [1.29, 1.82) is 0 Å². The lowest BCUT2D eigenvalue weighted by Crippen LogP contribution is -2.33. The highest BCUT2D eigenvalue weighted by Crippen LogP contribution is 2.33. The van der Waals surface area contributed by atoms with Crippen LogP contribution in [0.25, 0.3) is 11.0 Å². The Morgan fingerprint density at radius 3 is 2.96 bits per heavy atom. The van der Waals surface area contributed by atoms with Crippen molar-refractivity contribution in [3.8, 4) is 0 Å². The van der Waals surface area contributed by atoms with Crippen LogP contribution < -0.4 is 11.5 Å². The molecular weight excluding hydrogens is 350 g/mol. The zero-order valence-electron chi connectivity index (χ0n) is 16.0. The van der Waals surface area contributed by atoms with Crippen LogP contribution in [0.3, 0.4) is 0 Å². The van der Waals surface area contributed by atoms with Gasteiger partial charge in [0.25, 0.3) is 0 Å². The highest BCUT2D eigenvalue weighted by atomic mass is 15.2. The summed E-state index contributed by atoms with van der Waals surface area (Å²) >= 11 is 0. The van der Waals surface area contributed by atoms with Gasteiger partial charge < -0.3 is 16.5 Å². The summed E-state index contributed by atoms with van der Waals surface area (Å²) in [7, 11) is 0. The van der Waals surface area contributed by atoms with Crippen molar-refractivity contribution in [3.63, 3.8) is 0 Å². The van der Waals surface area contributed by atoms with Crippen molar-refractivity contribution >= 4 is 17.0 Å². The van der Waals surface area contributed by atoms with Crippen LogP contribution in [-0.2, 0) is 13.0 Å². The number of aromatic nitrogens is 3. The molecule has 146 valence electrons. The van der Waals surface area contributed by atoms with Crippen molar-refractivity contribution < 1.29 is 0 Å². The van der Waals surface area contributed by atoms with Crippen LogP contribution in [0.1, 0.15) is 42.4 Å². The molecule has 5 N–H and O–H groups in total. The summed E-state index contributed by atoms with van der Waals surface area (Å²) in [5.41, 5.74) is 15.6. The van der Waals surface area contributed by atoms with E-state index in [2.05, 4.69) is 27.0 Å². The van der Waals surface area contributed by atoms with E-state index in [4.69, 9.17) is 21.4 Å². The number of hydrogen-bond acceptors (Lipinski definition) is 4. The van der Waals surface area contributed by atoms with Crippen molar-refractivity contribution in [2.75, 3.05) is 13.1 Å². The second-order valence-corrected chi connectivity index (χ2v) is 7.29. The van der Waals surface area contributed by atoms with Gasteiger partial charge in [0.15, 0.2) is 5.96 Å². The molecule has 7 nitrogen and oxygen atoms in total. The van der Waals surface area contributed by atoms with Crippen molar-refractivity contribution in [3.05, 3.63) is 59.7 Å². The average Bonchev–Trinajstić information content (AvgIpc) is 3.12. The number of aromatic amines is 1. The molecule has 2 heterocycles. The predicted molar refractivity (Wildman–Crippen MR) is 112 cm³/mol. The molecule has 1 aliphatic rings. The van der Waals surface area contributed by atoms with E-state index in [9.17, 15) is 0 Å². The number of H-pyrrole nitrogens is 1. The van der Waals surface area contributed by atoms with E-state index >= 15 is 0 Å². The van der Waals surface area contributed by atoms with Gasteiger partial charge in [-0.25, -0.2) is 4.98 Å². The normalized spacial score (nSPS) is 16.2. The molecule has 1 unspecified atom stereocenters. The number of benzene rings is 1. The van der Waals surface area contributed by atoms with Crippen LogP contribution in [0.4, 0.5) is 0 Å². The molecule has 28 heavy (non-hydrogen) atoms. The SMILES string of the molecule is NC(N)=NCCCN(Cc1nc2ccccc2[nH]1)C1CCCc2cccnc21. The fraction of sp³-hybridized carbons (Fsp3) is 0.381. The van der Waals surface area contributed by atoms with Gasteiger partial charge in [0.2, 0.25) is 0 Å². The zero-order valence-corrected chi connectivity index (χ0v) is 16.0. The molecule has 0 saturated heterocycles. The fourth-order valence-electron chi connectivity index (χ4n) is 4.04. The molecule has 0 fully saturated rings. The quantitative estimate of drug-likeness (QED) is 0.333. The van der Waals surface area contributed by atoms with Gasteiger partial charge >= 0.3 is 0 Å². The van der Waals surface area contributed by atoms with Crippen LogP contribution in [0.5, 0.6) is 0 Å². The maximum Gasteiger partial charge on any atom is 0.185 e. The standard InChI is InChI=1S/C21H27N7/c22-21(23)25-12-5-13-28(14-19-26-16-8-1-2-9-17(16)27-19)18-10-3-6-15-7-4-11-24-20(15)18/h1-2,4,7-9,11,18H,3,5-6,10,12-14H2,(H,26,27)(H4,22,23,25). The van der Waals surface area contributed by atoms with Crippen LogP contribution in [0, 0.1) is 0 Å². The first-order valence-electron chi connectivity index (χ1n) is 9.87. The number of imidazole rings is 1. The van der Waals surface area contributed by atoms with Gasteiger partial charge in [-0.15, -0.1) is 0 Å². The summed E-state index contributed by atoms with van der Waals surface area (Å²) in [6.45, 7) is 2.26. The van der Waals surface area contributed by atoms with Crippen molar-refractivity contribution in [2.24, 2.45) is 16.5 Å². The molecule has 7 heteroatoms. The summed E-state index contributed by atoms with van der Waals surface area (Å²) < 4.78 is 0. The number of hydrogen-bond donors (Lipinski definition) is 3. The molecule has 1 aromatic carbocycles. The Morgan fingerprint density at radius 2 is 2.11 bits per heavy atom. The topological polar surface area (TPSA) is 109 Å². The van der Waals surface area contributed by atoms with E-state index in [0.29, 0.717) is 6.54 Å². The molecular formula is C21H27N7. The molecule has 0 radical (unpaired) electrons. The molecule has 2 aromatic heterocycles. The van der Waals surface area contributed by atoms with E-state index in [1.54, 1.807) is 0 Å². The Kier molecular flexibility index (Phi) is 5.53. The van der Waals surface area contributed by atoms with E-state index in [-0.39, 0.29) is 12.0 Å². The molecule has 1 aliphatic carbocycles. The number of nitrogens with two attached hydrogens (primary N) is 2. The number of aryl methyl sites for hydroxylation is 1. The Hall–Kier alpha value is -2.93. The van der Waals surface area contributed by atoms with Gasteiger partial charge in [0.1, 0.15) is 5.82 Å². The molecule has 0 bridgehead atoms. The van der Waals surface area contributed by atoms with Gasteiger partial charge in [-0.05, 0) is 49.4 Å². The lowest BCUT2D eigenvalue weighted by atomic mass is 9.90. The number of nitrogens with zero attached hydrogens (tertiary/aromatic N) is 4. The Bertz CT molecular complexity index is 925. The molecule has 0 saturated carbocycles. The lowest BCUT2D eigenvalue weighted by Gasteiger charge is -2.34. The smallest absolute Gasteiger partial charge is 0.185 e.